The average molecular weight is 311 g/mol. The van der Waals surface area contributed by atoms with Gasteiger partial charge in [-0.1, -0.05) is 11.8 Å². The first kappa shape index (κ1) is 17.0. The standard InChI is InChI=1S/C14H17NO5S/c1-11(14(17)20-2)21(18,19)15-13-8-6-12(7-9-13)5-3-4-10-16/h6-9,11,15-16H,4,10H2,1-2H3. The number of aliphatic hydroxyl groups excluding tert-OH is 1. The van der Waals surface area contributed by atoms with Gasteiger partial charge in [0.15, 0.2) is 5.25 Å². The fourth-order valence-electron chi connectivity index (χ4n) is 1.39. The van der Waals surface area contributed by atoms with Crippen LogP contribution in [0.4, 0.5) is 5.69 Å². The van der Waals surface area contributed by atoms with Crippen molar-refractivity contribution in [2.45, 2.75) is 18.6 Å². The van der Waals surface area contributed by atoms with Crippen LogP contribution in [-0.2, 0) is 19.6 Å². The number of carbonyl (C=O) groups is 1. The molecule has 0 aliphatic heterocycles. The lowest BCUT2D eigenvalue weighted by Gasteiger charge is -2.12. The summed E-state index contributed by atoms with van der Waals surface area (Å²) in [6, 6.07) is 6.38. The molecule has 114 valence electrons. The van der Waals surface area contributed by atoms with E-state index in [9.17, 15) is 13.2 Å². The number of rotatable bonds is 5. The number of esters is 1. The summed E-state index contributed by atoms with van der Waals surface area (Å²) < 4.78 is 30.6. The fourth-order valence-corrected chi connectivity index (χ4v) is 2.38. The Morgan fingerprint density at radius 1 is 1.38 bits per heavy atom. The minimum absolute atomic E-state index is 0.00367. The van der Waals surface area contributed by atoms with Gasteiger partial charge in [0.2, 0.25) is 10.0 Å². The Kier molecular flexibility index (Phi) is 6.21. The molecular weight excluding hydrogens is 294 g/mol. The quantitative estimate of drug-likeness (QED) is 0.617. The van der Waals surface area contributed by atoms with Crippen molar-refractivity contribution in [3.63, 3.8) is 0 Å². The first-order chi connectivity index (χ1) is 9.90. The van der Waals surface area contributed by atoms with Gasteiger partial charge in [-0.05, 0) is 31.2 Å². The molecule has 1 aromatic carbocycles. The van der Waals surface area contributed by atoms with Crippen LogP contribution >= 0.6 is 0 Å². The van der Waals surface area contributed by atoms with Crippen molar-refractivity contribution in [3.8, 4) is 11.8 Å². The molecule has 0 saturated carbocycles. The summed E-state index contributed by atoms with van der Waals surface area (Å²) in [6.45, 7) is 1.25. The van der Waals surface area contributed by atoms with Crippen molar-refractivity contribution >= 4 is 21.7 Å². The average Bonchev–Trinajstić information content (AvgIpc) is 2.47. The fraction of sp³-hybridized carbons (Fsp3) is 0.357. The Balaban J connectivity index is 2.80. The van der Waals surface area contributed by atoms with Crippen LogP contribution in [-0.4, -0.2) is 38.5 Å². The van der Waals surface area contributed by atoms with E-state index in [1.807, 2.05) is 0 Å². The molecule has 0 bridgehead atoms. The second kappa shape index (κ2) is 7.67. The largest absolute Gasteiger partial charge is 0.468 e. The minimum Gasteiger partial charge on any atom is -0.468 e. The number of methoxy groups -OCH3 is 1. The molecule has 0 aromatic heterocycles. The molecule has 0 aliphatic rings. The molecule has 1 atom stereocenters. The molecule has 0 saturated heterocycles. The Morgan fingerprint density at radius 2 is 2.00 bits per heavy atom. The zero-order valence-corrected chi connectivity index (χ0v) is 12.6. The van der Waals surface area contributed by atoms with E-state index in [0.717, 1.165) is 7.11 Å². The molecule has 21 heavy (non-hydrogen) atoms. The van der Waals surface area contributed by atoms with Crippen LogP contribution in [0.1, 0.15) is 18.9 Å². The van der Waals surface area contributed by atoms with Gasteiger partial charge in [-0.2, -0.15) is 0 Å². The van der Waals surface area contributed by atoms with Gasteiger partial charge in [-0.3, -0.25) is 9.52 Å². The smallest absolute Gasteiger partial charge is 0.325 e. The normalized spacial score (nSPS) is 12.0. The molecule has 0 aliphatic carbocycles. The molecule has 0 heterocycles. The van der Waals surface area contributed by atoms with Crippen molar-refractivity contribution in [2.75, 3.05) is 18.4 Å². The second-order valence-electron chi connectivity index (χ2n) is 4.17. The molecule has 0 radical (unpaired) electrons. The van der Waals surface area contributed by atoms with E-state index in [4.69, 9.17) is 5.11 Å². The van der Waals surface area contributed by atoms with Gasteiger partial charge in [0.25, 0.3) is 0 Å². The molecule has 2 N–H and O–H groups in total. The molecule has 0 fully saturated rings. The Morgan fingerprint density at radius 3 is 2.52 bits per heavy atom. The van der Waals surface area contributed by atoms with E-state index in [1.54, 1.807) is 24.3 Å². The van der Waals surface area contributed by atoms with Gasteiger partial charge >= 0.3 is 5.97 Å². The SMILES string of the molecule is COC(=O)C(C)S(=O)(=O)Nc1ccc(C#CCCO)cc1. The number of sulfonamides is 1. The van der Waals surface area contributed by atoms with E-state index in [-0.39, 0.29) is 6.61 Å². The van der Waals surface area contributed by atoms with E-state index in [0.29, 0.717) is 17.7 Å². The van der Waals surface area contributed by atoms with Crippen LogP contribution in [0.5, 0.6) is 0 Å². The van der Waals surface area contributed by atoms with E-state index < -0.39 is 21.2 Å². The number of hydrogen-bond acceptors (Lipinski definition) is 5. The van der Waals surface area contributed by atoms with Gasteiger partial charge < -0.3 is 9.84 Å². The highest BCUT2D eigenvalue weighted by Gasteiger charge is 2.28. The van der Waals surface area contributed by atoms with Gasteiger partial charge in [0.05, 0.1) is 13.7 Å². The molecule has 1 rings (SSSR count). The van der Waals surface area contributed by atoms with E-state index >= 15 is 0 Å². The van der Waals surface area contributed by atoms with Crippen LogP contribution in [0.15, 0.2) is 24.3 Å². The molecule has 1 unspecified atom stereocenters. The summed E-state index contributed by atoms with van der Waals surface area (Å²) in [7, 11) is -2.72. The minimum atomic E-state index is -3.85. The monoisotopic (exact) mass is 311 g/mol. The van der Waals surface area contributed by atoms with Crippen molar-refractivity contribution < 1.29 is 23.1 Å². The number of benzene rings is 1. The lowest BCUT2D eigenvalue weighted by molar-refractivity contribution is -0.139. The van der Waals surface area contributed by atoms with Crippen molar-refractivity contribution in [1.82, 2.24) is 0 Å². The zero-order chi connectivity index (χ0) is 15.9. The van der Waals surface area contributed by atoms with Crippen molar-refractivity contribution in [1.29, 1.82) is 0 Å². The number of hydrogen-bond donors (Lipinski definition) is 2. The van der Waals surface area contributed by atoms with Crippen LogP contribution < -0.4 is 4.72 Å². The molecule has 0 spiro atoms. The maximum absolute atomic E-state index is 11.9. The van der Waals surface area contributed by atoms with Crippen LogP contribution in [0, 0.1) is 11.8 Å². The van der Waals surface area contributed by atoms with E-state index in [1.165, 1.54) is 6.92 Å². The summed E-state index contributed by atoms with van der Waals surface area (Å²) in [5.41, 5.74) is 1.03. The number of ether oxygens (including phenoxy) is 1. The third kappa shape index (κ3) is 5.10. The number of anilines is 1. The van der Waals surface area contributed by atoms with Crippen molar-refractivity contribution in [2.24, 2.45) is 0 Å². The van der Waals surface area contributed by atoms with Crippen LogP contribution in [0.3, 0.4) is 0 Å². The van der Waals surface area contributed by atoms with Gasteiger partial charge in [-0.15, -0.1) is 0 Å². The van der Waals surface area contributed by atoms with Crippen molar-refractivity contribution in [3.05, 3.63) is 29.8 Å². The second-order valence-corrected chi connectivity index (χ2v) is 6.17. The zero-order valence-electron chi connectivity index (χ0n) is 11.8. The molecule has 0 amide bonds. The Labute approximate surface area is 124 Å². The summed E-state index contributed by atoms with van der Waals surface area (Å²) in [5.74, 6) is 4.76. The first-order valence-corrected chi connectivity index (χ1v) is 7.74. The van der Waals surface area contributed by atoms with Gasteiger partial charge in [-0.25, -0.2) is 8.42 Å². The highest BCUT2D eigenvalue weighted by Crippen LogP contribution is 2.13. The summed E-state index contributed by atoms with van der Waals surface area (Å²) >= 11 is 0. The maximum atomic E-state index is 11.9. The third-order valence-corrected chi connectivity index (χ3v) is 4.26. The predicted octanol–water partition coefficient (Wildman–Crippen LogP) is 0.724. The molecule has 6 nitrogen and oxygen atoms in total. The lowest BCUT2D eigenvalue weighted by Crippen LogP contribution is -2.33. The van der Waals surface area contributed by atoms with Gasteiger partial charge in [0.1, 0.15) is 0 Å². The van der Waals surface area contributed by atoms with E-state index in [2.05, 4.69) is 21.3 Å². The van der Waals surface area contributed by atoms with Gasteiger partial charge in [0, 0.05) is 17.7 Å². The molecule has 1 aromatic rings. The maximum Gasteiger partial charge on any atom is 0.325 e. The molecule has 7 heteroatoms. The number of nitrogens with one attached hydrogen (secondary N) is 1. The highest BCUT2D eigenvalue weighted by atomic mass is 32.2. The number of carbonyl (C=O) groups excluding carboxylic acids is 1. The lowest BCUT2D eigenvalue weighted by atomic mass is 10.2. The predicted molar refractivity (Wildman–Crippen MR) is 79.0 cm³/mol. The number of aliphatic hydroxyl groups is 1. The summed E-state index contributed by atoms with van der Waals surface area (Å²) in [5, 5.41) is 7.32. The summed E-state index contributed by atoms with van der Waals surface area (Å²) in [6.07, 6.45) is 0.380. The topological polar surface area (TPSA) is 92.7 Å². The third-order valence-electron chi connectivity index (χ3n) is 2.61. The summed E-state index contributed by atoms with van der Waals surface area (Å²) in [4.78, 5) is 11.3. The van der Waals surface area contributed by atoms with Crippen LogP contribution in [0.25, 0.3) is 0 Å². The van der Waals surface area contributed by atoms with Crippen LogP contribution in [0.2, 0.25) is 0 Å². The first-order valence-electron chi connectivity index (χ1n) is 6.20. The highest BCUT2D eigenvalue weighted by molar-refractivity contribution is 7.94. The Bertz CT molecular complexity index is 640. The molecular formula is C14H17NO5S. The Hall–Kier alpha value is -2.04.